The normalized spacial score (nSPS) is 12.0. The maximum atomic E-state index is 12.5. The van der Waals surface area contributed by atoms with Gasteiger partial charge in [0, 0.05) is 31.7 Å². The van der Waals surface area contributed by atoms with E-state index >= 15 is 0 Å². The molecule has 150 valence electrons. The standard InChI is InChI=1S/C17H25N5O2S2.HI/c1-5-18-17(21-12-16-19-10-13(2)25-16)20-11-14-8-6-7-9-15(14)26(23,24)22(3)4;/h6-10H,5,11-12H2,1-4H3,(H2,18,20,21);1H. The third-order valence-corrected chi connectivity index (χ3v) is 6.39. The second-order valence-electron chi connectivity index (χ2n) is 5.81. The summed E-state index contributed by atoms with van der Waals surface area (Å²) in [6.45, 7) is 5.54. The van der Waals surface area contributed by atoms with E-state index in [1.54, 1.807) is 29.5 Å². The zero-order chi connectivity index (χ0) is 19.2. The van der Waals surface area contributed by atoms with Crippen molar-refractivity contribution in [3.63, 3.8) is 0 Å². The Morgan fingerprint density at radius 1 is 1.26 bits per heavy atom. The van der Waals surface area contributed by atoms with Crippen molar-refractivity contribution >= 4 is 51.3 Å². The monoisotopic (exact) mass is 523 g/mol. The molecule has 0 aliphatic rings. The predicted molar refractivity (Wildman–Crippen MR) is 121 cm³/mol. The molecular weight excluding hydrogens is 497 g/mol. The smallest absolute Gasteiger partial charge is 0.242 e. The number of aliphatic imine (C=N–C) groups is 1. The van der Waals surface area contributed by atoms with Gasteiger partial charge in [-0.3, -0.25) is 0 Å². The molecule has 0 atom stereocenters. The van der Waals surface area contributed by atoms with Crippen LogP contribution in [0.25, 0.3) is 0 Å². The van der Waals surface area contributed by atoms with E-state index in [4.69, 9.17) is 0 Å². The molecule has 0 saturated carbocycles. The van der Waals surface area contributed by atoms with E-state index in [1.807, 2.05) is 26.1 Å². The lowest BCUT2D eigenvalue weighted by atomic mass is 10.2. The van der Waals surface area contributed by atoms with Gasteiger partial charge in [-0.05, 0) is 25.5 Å². The molecule has 2 aromatic rings. The molecular formula is C17H26IN5O2S2. The molecule has 2 rings (SSSR count). The number of aryl methyl sites for hydroxylation is 1. The van der Waals surface area contributed by atoms with E-state index in [2.05, 4.69) is 20.6 Å². The van der Waals surface area contributed by atoms with Gasteiger partial charge in [-0.15, -0.1) is 35.3 Å². The Bertz CT molecular complexity index is 866. The van der Waals surface area contributed by atoms with Gasteiger partial charge < -0.3 is 10.6 Å². The maximum Gasteiger partial charge on any atom is 0.242 e. The second-order valence-corrected chi connectivity index (χ2v) is 9.25. The number of hydrogen-bond donors (Lipinski definition) is 2. The number of halogens is 1. The lowest BCUT2D eigenvalue weighted by Crippen LogP contribution is -2.36. The van der Waals surface area contributed by atoms with Crippen LogP contribution in [0, 0.1) is 6.92 Å². The topological polar surface area (TPSA) is 86.7 Å². The number of rotatable bonds is 7. The zero-order valence-corrected chi connectivity index (χ0v) is 19.9. The van der Waals surface area contributed by atoms with Gasteiger partial charge in [0.1, 0.15) is 5.01 Å². The van der Waals surface area contributed by atoms with E-state index in [9.17, 15) is 8.42 Å². The molecule has 7 nitrogen and oxygen atoms in total. The van der Waals surface area contributed by atoms with Crippen LogP contribution < -0.4 is 10.6 Å². The van der Waals surface area contributed by atoms with Gasteiger partial charge in [0.15, 0.2) is 5.96 Å². The van der Waals surface area contributed by atoms with Crippen LogP contribution in [-0.4, -0.2) is 44.3 Å². The van der Waals surface area contributed by atoms with Gasteiger partial charge in [-0.1, -0.05) is 18.2 Å². The first kappa shape index (κ1) is 23.8. The molecule has 1 heterocycles. The Balaban J connectivity index is 0.00000364. The van der Waals surface area contributed by atoms with E-state index in [0.717, 1.165) is 9.88 Å². The molecule has 0 saturated heterocycles. The third kappa shape index (κ3) is 6.70. The Labute approximate surface area is 182 Å². The number of aromatic nitrogens is 1. The Hall–Kier alpha value is -1.24. The van der Waals surface area contributed by atoms with Crippen molar-refractivity contribution in [2.24, 2.45) is 4.99 Å². The third-order valence-electron chi connectivity index (χ3n) is 3.56. The Kier molecular flexibility index (Phi) is 9.63. The summed E-state index contributed by atoms with van der Waals surface area (Å²) in [7, 11) is -0.456. The summed E-state index contributed by atoms with van der Waals surface area (Å²) < 4.78 is 26.2. The van der Waals surface area contributed by atoms with Crippen LogP contribution in [0.2, 0.25) is 0 Å². The van der Waals surface area contributed by atoms with Crippen molar-refractivity contribution in [3.05, 3.63) is 45.9 Å². The molecule has 2 N–H and O–H groups in total. The lowest BCUT2D eigenvalue weighted by Gasteiger charge is -2.15. The summed E-state index contributed by atoms with van der Waals surface area (Å²) in [4.78, 5) is 10.3. The van der Waals surface area contributed by atoms with Gasteiger partial charge >= 0.3 is 0 Å². The number of nitrogens with zero attached hydrogens (tertiary/aromatic N) is 3. The largest absolute Gasteiger partial charge is 0.357 e. The molecule has 0 radical (unpaired) electrons. The van der Waals surface area contributed by atoms with Crippen LogP contribution in [0.3, 0.4) is 0 Å². The van der Waals surface area contributed by atoms with Gasteiger partial charge in [0.2, 0.25) is 10.0 Å². The SMILES string of the molecule is CCNC(=NCc1ccccc1S(=O)(=O)N(C)C)NCc1ncc(C)s1.I. The van der Waals surface area contributed by atoms with E-state index in [0.29, 0.717) is 24.6 Å². The summed E-state index contributed by atoms with van der Waals surface area (Å²) in [6.07, 6.45) is 1.84. The summed E-state index contributed by atoms with van der Waals surface area (Å²) in [5, 5.41) is 7.37. The molecule has 1 aromatic carbocycles. The summed E-state index contributed by atoms with van der Waals surface area (Å²) in [5.41, 5.74) is 0.656. The van der Waals surface area contributed by atoms with Crippen LogP contribution in [-0.2, 0) is 23.1 Å². The molecule has 27 heavy (non-hydrogen) atoms. The highest BCUT2D eigenvalue weighted by Gasteiger charge is 2.20. The minimum atomic E-state index is -3.51. The fourth-order valence-electron chi connectivity index (χ4n) is 2.23. The Morgan fingerprint density at radius 3 is 2.56 bits per heavy atom. The first-order chi connectivity index (χ1) is 12.3. The number of benzene rings is 1. The lowest BCUT2D eigenvalue weighted by molar-refractivity contribution is 0.519. The van der Waals surface area contributed by atoms with Crippen molar-refractivity contribution in [1.29, 1.82) is 0 Å². The Morgan fingerprint density at radius 2 is 1.96 bits per heavy atom. The van der Waals surface area contributed by atoms with Gasteiger partial charge in [0.05, 0.1) is 18.0 Å². The first-order valence-electron chi connectivity index (χ1n) is 8.28. The predicted octanol–water partition coefficient (Wildman–Crippen LogP) is 2.58. The number of sulfonamides is 1. The average molecular weight is 523 g/mol. The minimum Gasteiger partial charge on any atom is -0.357 e. The number of thiazole rings is 1. The van der Waals surface area contributed by atoms with Crippen LogP contribution in [0.5, 0.6) is 0 Å². The highest BCUT2D eigenvalue weighted by Crippen LogP contribution is 2.19. The summed E-state index contributed by atoms with van der Waals surface area (Å²) in [6, 6.07) is 6.93. The van der Waals surface area contributed by atoms with Crippen molar-refractivity contribution in [3.8, 4) is 0 Å². The van der Waals surface area contributed by atoms with Crippen molar-refractivity contribution in [1.82, 2.24) is 19.9 Å². The highest BCUT2D eigenvalue weighted by molar-refractivity contribution is 14.0. The van der Waals surface area contributed by atoms with Gasteiger partial charge in [-0.2, -0.15) is 0 Å². The molecule has 0 fully saturated rings. The van der Waals surface area contributed by atoms with Crippen LogP contribution in [0.15, 0.2) is 40.4 Å². The summed E-state index contributed by atoms with van der Waals surface area (Å²) in [5.74, 6) is 0.623. The van der Waals surface area contributed by atoms with Gasteiger partial charge in [-0.25, -0.2) is 22.7 Å². The fourth-order valence-corrected chi connectivity index (χ4v) is 4.07. The quantitative estimate of drug-likeness (QED) is 0.331. The first-order valence-corrected chi connectivity index (χ1v) is 10.5. The molecule has 0 unspecified atom stereocenters. The number of hydrogen-bond acceptors (Lipinski definition) is 5. The molecule has 0 amide bonds. The molecule has 0 aliphatic heterocycles. The van der Waals surface area contributed by atoms with Crippen molar-refractivity contribution in [2.45, 2.75) is 31.8 Å². The van der Waals surface area contributed by atoms with Crippen molar-refractivity contribution < 1.29 is 8.42 Å². The molecule has 0 bridgehead atoms. The molecule has 10 heteroatoms. The van der Waals surface area contributed by atoms with E-state index in [-0.39, 0.29) is 35.4 Å². The van der Waals surface area contributed by atoms with Crippen LogP contribution in [0.1, 0.15) is 22.4 Å². The second kappa shape index (κ2) is 10.9. The van der Waals surface area contributed by atoms with Crippen LogP contribution >= 0.6 is 35.3 Å². The molecule has 0 aliphatic carbocycles. The maximum absolute atomic E-state index is 12.5. The minimum absolute atomic E-state index is 0. The van der Waals surface area contributed by atoms with Gasteiger partial charge in [0.25, 0.3) is 0 Å². The highest BCUT2D eigenvalue weighted by atomic mass is 127. The number of nitrogens with one attached hydrogen (secondary N) is 2. The van der Waals surface area contributed by atoms with Crippen molar-refractivity contribution in [2.75, 3.05) is 20.6 Å². The zero-order valence-electron chi connectivity index (χ0n) is 15.9. The van der Waals surface area contributed by atoms with E-state index in [1.165, 1.54) is 18.4 Å². The molecule has 1 aromatic heterocycles. The average Bonchev–Trinajstić information content (AvgIpc) is 3.03. The number of guanidine groups is 1. The molecule has 0 spiro atoms. The van der Waals surface area contributed by atoms with E-state index < -0.39 is 10.0 Å². The fraction of sp³-hybridized carbons (Fsp3) is 0.412. The summed E-state index contributed by atoms with van der Waals surface area (Å²) >= 11 is 1.63. The van der Waals surface area contributed by atoms with Crippen LogP contribution in [0.4, 0.5) is 0 Å².